The molecule has 0 bridgehead atoms. The first kappa shape index (κ1) is 24.9. The van der Waals surface area contributed by atoms with E-state index in [2.05, 4.69) is 20.9 Å². The Morgan fingerprint density at radius 1 is 1.38 bits per heavy atom. The number of para-hydroxylation sites is 1. The van der Waals surface area contributed by atoms with E-state index in [0.717, 1.165) is 6.92 Å². The molecule has 7 atom stereocenters. The van der Waals surface area contributed by atoms with Crippen molar-refractivity contribution in [2.24, 2.45) is 5.73 Å². The molecule has 0 saturated carbocycles. The average molecular weight is 538 g/mol. The van der Waals surface area contributed by atoms with Crippen molar-refractivity contribution in [1.82, 2.24) is 4.98 Å². The molecule has 2 aromatic rings. The number of H-pyrrole nitrogens is 1. The molecule has 32 heavy (non-hydrogen) atoms. The van der Waals surface area contributed by atoms with Crippen LogP contribution < -0.4 is 5.73 Å². The highest BCUT2D eigenvalue weighted by atomic mass is 79.9. The third-order valence-corrected chi connectivity index (χ3v) is 7.18. The lowest BCUT2D eigenvalue weighted by Crippen LogP contribution is -2.78. The fourth-order valence-electron chi connectivity index (χ4n) is 3.82. The SMILES string of the molecule is CC(=O)OC1(C(=O)O)O[C@@H](C(O)C(O)CO)[C@@](N)(Br)[C@](O)(Cl)C1c1cc2ccccc2[nH]1. The maximum Gasteiger partial charge on any atom is 0.378 e. The molecule has 0 amide bonds. The summed E-state index contributed by atoms with van der Waals surface area (Å²) >= 11 is 9.46. The molecule has 1 fully saturated rings. The lowest BCUT2D eigenvalue weighted by atomic mass is 9.78. The van der Waals surface area contributed by atoms with Crippen LogP contribution in [0.5, 0.6) is 0 Å². The number of nitrogens with one attached hydrogen (secondary N) is 1. The van der Waals surface area contributed by atoms with Crippen LogP contribution in [0.4, 0.5) is 0 Å². The van der Waals surface area contributed by atoms with Gasteiger partial charge in [0.1, 0.15) is 28.7 Å². The van der Waals surface area contributed by atoms with E-state index in [-0.39, 0.29) is 5.69 Å². The van der Waals surface area contributed by atoms with Crippen LogP contribution in [-0.2, 0) is 19.1 Å². The van der Waals surface area contributed by atoms with Crippen molar-refractivity contribution in [3.63, 3.8) is 0 Å². The van der Waals surface area contributed by atoms with Gasteiger partial charge in [-0.25, -0.2) is 4.79 Å². The number of aliphatic hydroxyl groups excluding tert-OH is 3. The van der Waals surface area contributed by atoms with Crippen molar-refractivity contribution >= 4 is 50.4 Å². The van der Waals surface area contributed by atoms with Gasteiger partial charge in [0.25, 0.3) is 0 Å². The number of fused-ring (bicyclic) bond motifs is 1. The van der Waals surface area contributed by atoms with Crippen molar-refractivity contribution in [2.45, 2.75) is 46.4 Å². The first-order chi connectivity index (χ1) is 14.8. The molecule has 3 rings (SSSR count). The highest BCUT2D eigenvalue weighted by Gasteiger charge is 2.74. The molecule has 4 unspecified atom stereocenters. The van der Waals surface area contributed by atoms with Crippen molar-refractivity contribution in [3.8, 4) is 0 Å². The Balaban J connectivity index is 2.29. The lowest BCUT2D eigenvalue weighted by Gasteiger charge is -2.56. The fraction of sp³-hybridized carbons (Fsp3) is 0.474. The first-order valence-corrected chi connectivity index (χ1v) is 10.5. The van der Waals surface area contributed by atoms with Gasteiger partial charge in [0.05, 0.1) is 6.61 Å². The second-order valence-electron chi connectivity index (χ2n) is 7.53. The predicted octanol–water partition coefficient (Wildman–Crippen LogP) is -0.314. The highest BCUT2D eigenvalue weighted by molar-refractivity contribution is 9.10. The van der Waals surface area contributed by atoms with Gasteiger partial charge in [-0.2, -0.15) is 0 Å². The monoisotopic (exact) mass is 536 g/mol. The molecule has 1 aromatic heterocycles. The van der Waals surface area contributed by atoms with Gasteiger partial charge in [-0.3, -0.25) is 4.79 Å². The van der Waals surface area contributed by atoms with Gasteiger partial charge >= 0.3 is 17.7 Å². The number of esters is 1. The van der Waals surface area contributed by atoms with E-state index in [0.29, 0.717) is 10.9 Å². The molecule has 1 aliphatic rings. The average Bonchev–Trinajstić information content (AvgIpc) is 3.12. The Hall–Kier alpha value is -1.77. The highest BCUT2D eigenvalue weighted by Crippen LogP contribution is 2.56. The van der Waals surface area contributed by atoms with Crippen LogP contribution in [0, 0.1) is 0 Å². The van der Waals surface area contributed by atoms with Crippen molar-refractivity contribution in [1.29, 1.82) is 0 Å². The first-order valence-electron chi connectivity index (χ1n) is 9.34. The Morgan fingerprint density at radius 3 is 2.53 bits per heavy atom. The maximum atomic E-state index is 12.5. The molecule has 0 radical (unpaired) electrons. The third kappa shape index (κ3) is 3.80. The van der Waals surface area contributed by atoms with Crippen LogP contribution in [0.25, 0.3) is 10.9 Å². The number of ether oxygens (including phenoxy) is 2. The van der Waals surface area contributed by atoms with Crippen LogP contribution in [0.3, 0.4) is 0 Å². The van der Waals surface area contributed by atoms with Crippen molar-refractivity contribution < 1.29 is 44.6 Å². The Bertz CT molecular complexity index is 996. The van der Waals surface area contributed by atoms with Gasteiger partial charge in [-0.15, -0.1) is 0 Å². The van der Waals surface area contributed by atoms with E-state index in [4.69, 9.17) is 26.8 Å². The molecule has 2 heterocycles. The molecular weight excluding hydrogens is 516 g/mol. The van der Waals surface area contributed by atoms with E-state index < -0.39 is 58.1 Å². The third-order valence-electron chi connectivity index (χ3n) is 5.36. The van der Waals surface area contributed by atoms with Gasteiger partial charge in [0.2, 0.25) is 0 Å². The number of nitrogens with two attached hydrogens (primary N) is 1. The number of carboxylic acid groups (broad SMARTS) is 1. The van der Waals surface area contributed by atoms with Crippen molar-refractivity contribution in [2.75, 3.05) is 6.61 Å². The number of carboxylic acids is 1. The summed E-state index contributed by atoms with van der Waals surface area (Å²) in [7, 11) is 0. The fourth-order valence-corrected chi connectivity index (χ4v) is 4.78. The number of alkyl halides is 2. The quantitative estimate of drug-likeness (QED) is 0.146. The number of benzene rings is 1. The second kappa shape index (κ2) is 8.54. The zero-order chi connectivity index (χ0) is 24.1. The number of halogens is 2. The molecule has 1 saturated heterocycles. The van der Waals surface area contributed by atoms with Gasteiger partial charge in [-0.05, 0) is 17.5 Å². The summed E-state index contributed by atoms with van der Waals surface area (Å²) in [5.74, 6) is -7.81. The Morgan fingerprint density at radius 2 is 2.00 bits per heavy atom. The predicted molar refractivity (Wildman–Crippen MR) is 114 cm³/mol. The van der Waals surface area contributed by atoms with Gasteiger partial charge in [0, 0.05) is 18.1 Å². The minimum absolute atomic E-state index is 0.00253. The lowest BCUT2D eigenvalue weighted by molar-refractivity contribution is -0.317. The largest absolute Gasteiger partial charge is 0.476 e. The summed E-state index contributed by atoms with van der Waals surface area (Å²) in [6.07, 6.45) is -5.88. The molecule has 176 valence electrons. The summed E-state index contributed by atoms with van der Waals surface area (Å²) in [5.41, 5.74) is 6.72. The normalized spacial score (nSPS) is 34.8. The van der Waals surface area contributed by atoms with Crippen LogP contribution >= 0.6 is 27.5 Å². The van der Waals surface area contributed by atoms with Gasteiger partial charge in [-0.1, -0.05) is 45.7 Å². The van der Waals surface area contributed by atoms with Gasteiger partial charge < -0.3 is 45.7 Å². The number of carbonyl (C=O) groups is 2. The zero-order valence-corrected chi connectivity index (χ0v) is 18.9. The molecule has 1 aliphatic heterocycles. The Kier molecular flexibility index (Phi) is 6.63. The van der Waals surface area contributed by atoms with Gasteiger partial charge in [0.15, 0.2) is 5.06 Å². The second-order valence-corrected chi connectivity index (χ2v) is 9.42. The molecule has 1 aromatic carbocycles. The summed E-state index contributed by atoms with van der Waals surface area (Å²) in [6.45, 7) is -0.0417. The summed E-state index contributed by atoms with van der Waals surface area (Å²) in [6, 6.07) is 8.29. The Labute approximate surface area is 194 Å². The molecular formula is C19H22BrClN2O9. The number of rotatable bonds is 6. The summed E-state index contributed by atoms with van der Waals surface area (Å²) < 4.78 is 8.31. The van der Waals surface area contributed by atoms with Crippen LogP contribution in [-0.4, -0.2) is 82.7 Å². The molecule has 8 N–H and O–H groups in total. The number of hydrogen-bond acceptors (Lipinski definition) is 9. The molecule has 0 aliphatic carbocycles. The maximum absolute atomic E-state index is 12.5. The number of aliphatic carboxylic acids is 1. The molecule has 13 heteroatoms. The van der Waals surface area contributed by atoms with E-state index in [9.17, 15) is 35.1 Å². The van der Waals surface area contributed by atoms with Crippen LogP contribution in [0.15, 0.2) is 30.3 Å². The minimum atomic E-state index is -2.99. The molecule has 0 spiro atoms. The van der Waals surface area contributed by atoms with Crippen LogP contribution in [0.2, 0.25) is 0 Å². The van der Waals surface area contributed by atoms with Crippen LogP contribution in [0.1, 0.15) is 18.5 Å². The van der Waals surface area contributed by atoms with E-state index >= 15 is 0 Å². The molecule has 11 nitrogen and oxygen atoms in total. The van der Waals surface area contributed by atoms with E-state index in [1.165, 1.54) is 6.07 Å². The number of carbonyl (C=O) groups excluding carboxylic acids is 1. The zero-order valence-electron chi connectivity index (χ0n) is 16.6. The smallest absolute Gasteiger partial charge is 0.378 e. The topological polar surface area (TPSA) is 196 Å². The number of aliphatic hydroxyl groups is 4. The number of aromatic nitrogens is 1. The summed E-state index contributed by atoms with van der Waals surface area (Å²) in [5, 5.41) is 48.9. The van der Waals surface area contributed by atoms with E-state index in [1.807, 2.05) is 0 Å². The standard InChI is InChI=1S/C19H22BrClN2O9/c1-8(25)31-17(16(28)29)14(11-6-9-4-2-3-5-10(9)23-11)19(21,30)18(20,22)15(32-17)13(27)12(26)7-24/h2-6,12-15,23-24,26-27,30H,7,22H2,1H3,(H,28,29)/t12?,13?,14?,15-,17?,18-,19-/m0/s1. The van der Waals surface area contributed by atoms with E-state index in [1.54, 1.807) is 24.3 Å². The summed E-state index contributed by atoms with van der Waals surface area (Å²) in [4.78, 5) is 27.3. The minimum Gasteiger partial charge on any atom is -0.476 e. The number of aromatic amines is 1. The van der Waals surface area contributed by atoms with Crippen molar-refractivity contribution in [3.05, 3.63) is 36.0 Å². The number of hydrogen-bond donors (Lipinski definition) is 7.